The van der Waals surface area contributed by atoms with E-state index in [1.54, 1.807) is 12.1 Å². The highest BCUT2D eigenvalue weighted by Gasteiger charge is 2.30. The van der Waals surface area contributed by atoms with E-state index >= 15 is 0 Å². The van der Waals surface area contributed by atoms with Gasteiger partial charge in [0, 0.05) is 25.2 Å². The van der Waals surface area contributed by atoms with Gasteiger partial charge in [0.1, 0.15) is 5.75 Å². The van der Waals surface area contributed by atoms with E-state index in [2.05, 4.69) is 10.8 Å². The van der Waals surface area contributed by atoms with Crippen LogP contribution in [0.25, 0.3) is 21.9 Å². The summed E-state index contributed by atoms with van der Waals surface area (Å²) in [5, 5.41) is 2.21. The molecule has 2 nitrogen and oxygen atoms in total. The predicted octanol–water partition coefficient (Wildman–Crippen LogP) is 5.47. The minimum atomic E-state index is -4.68. The quantitative estimate of drug-likeness (QED) is 0.631. The molecule has 0 bridgehead atoms. The second-order valence-electron chi connectivity index (χ2n) is 5.68. The Morgan fingerprint density at radius 2 is 1.50 bits per heavy atom. The maximum Gasteiger partial charge on any atom is 0.573 e. The van der Waals surface area contributed by atoms with Crippen LogP contribution in [0.5, 0.6) is 5.75 Å². The number of hydrogen-bond donors (Lipinski definition) is 0. The van der Waals surface area contributed by atoms with Gasteiger partial charge in [-0.3, -0.25) is 0 Å². The molecule has 3 aromatic carbocycles. The van der Waals surface area contributed by atoms with Gasteiger partial charge in [0.05, 0.1) is 0 Å². The molecule has 3 rings (SSSR count). The fourth-order valence-corrected chi connectivity index (χ4v) is 2.68. The number of alkyl halides is 3. The van der Waals surface area contributed by atoms with Gasteiger partial charge >= 0.3 is 6.36 Å². The summed E-state index contributed by atoms with van der Waals surface area (Å²) in [6.07, 6.45) is -4.68. The van der Waals surface area contributed by atoms with Crippen molar-refractivity contribution in [3.05, 3.63) is 60.7 Å². The summed E-state index contributed by atoms with van der Waals surface area (Å²) in [5.74, 6) is -0.222. The Balaban J connectivity index is 2.03. The zero-order valence-electron chi connectivity index (χ0n) is 13.3. The lowest BCUT2D eigenvalue weighted by atomic mass is 9.99. The van der Waals surface area contributed by atoms with Gasteiger partial charge in [-0.25, -0.2) is 0 Å². The third kappa shape index (κ3) is 3.45. The summed E-state index contributed by atoms with van der Waals surface area (Å²) in [5.41, 5.74) is 2.83. The van der Waals surface area contributed by atoms with Crippen molar-refractivity contribution in [3.63, 3.8) is 0 Å². The van der Waals surface area contributed by atoms with Crippen molar-refractivity contribution >= 4 is 16.5 Å². The highest BCUT2D eigenvalue weighted by Crippen LogP contribution is 2.33. The molecule has 3 aromatic rings. The van der Waals surface area contributed by atoms with E-state index in [0.29, 0.717) is 0 Å². The highest BCUT2D eigenvalue weighted by atomic mass is 19.4. The van der Waals surface area contributed by atoms with Crippen LogP contribution in [0.15, 0.2) is 60.7 Å². The van der Waals surface area contributed by atoms with Gasteiger partial charge in [0.2, 0.25) is 0 Å². The average molecular weight is 331 g/mol. The molecule has 0 amide bonds. The fourth-order valence-electron chi connectivity index (χ4n) is 2.68. The summed E-state index contributed by atoms with van der Waals surface area (Å²) in [4.78, 5) is 2.02. The molecule has 0 saturated heterocycles. The molecule has 0 saturated carbocycles. The lowest BCUT2D eigenvalue weighted by molar-refractivity contribution is -0.274. The summed E-state index contributed by atoms with van der Waals surface area (Å²) in [6, 6.07) is 18.0. The average Bonchev–Trinajstić information content (AvgIpc) is 2.53. The molecular formula is C19H16F3NO. The van der Waals surface area contributed by atoms with E-state index in [1.807, 2.05) is 49.3 Å². The van der Waals surface area contributed by atoms with Crippen molar-refractivity contribution in [2.24, 2.45) is 0 Å². The molecule has 0 aromatic heterocycles. The number of fused-ring (bicyclic) bond motifs is 1. The van der Waals surface area contributed by atoms with Gasteiger partial charge in [0.15, 0.2) is 0 Å². The fraction of sp³-hybridized carbons (Fsp3) is 0.158. The van der Waals surface area contributed by atoms with Gasteiger partial charge in [-0.1, -0.05) is 36.4 Å². The molecule has 0 radical (unpaired) electrons. The van der Waals surface area contributed by atoms with Crippen LogP contribution in [0.2, 0.25) is 0 Å². The molecule has 0 aliphatic rings. The number of ether oxygens (including phenoxy) is 1. The first-order valence-corrected chi connectivity index (χ1v) is 7.40. The second-order valence-corrected chi connectivity index (χ2v) is 5.68. The summed E-state index contributed by atoms with van der Waals surface area (Å²) < 4.78 is 40.7. The van der Waals surface area contributed by atoms with Crippen molar-refractivity contribution in [2.45, 2.75) is 6.36 Å². The summed E-state index contributed by atoms with van der Waals surface area (Å²) in [6.45, 7) is 0. The maximum atomic E-state index is 12.3. The molecule has 24 heavy (non-hydrogen) atoms. The van der Waals surface area contributed by atoms with Crippen LogP contribution in [0.1, 0.15) is 0 Å². The van der Waals surface area contributed by atoms with E-state index < -0.39 is 6.36 Å². The van der Waals surface area contributed by atoms with Gasteiger partial charge in [0.25, 0.3) is 0 Å². The molecule has 0 unspecified atom stereocenters. The van der Waals surface area contributed by atoms with E-state index in [1.165, 1.54) is 12.1 Å². The van der Waals surface area contributed by atoms with Crippen LogP contribution in [-0.2, 0) is 0 Å². The van der Waals surface area contributed by atoms with Crippen molar-refractivity contribution in [1.82, 2.24) is 0 Å². The number of nitrogens with zero attached hydrogens (tertiary/aromatic N) is 1. The minimum absolute atomic E-state index is 0.222. The second kappa shape index (κ2) is 6.07. The van der Waals surface area contributed by atoms with Crippen molar-refractivity contribution in [3.8, 4) is 16.9 Å². The number of rotatable bonds is 3. The van der Waals surface area contributed by atoms with Crippen LogP contribution in [0.3, 0.4) is 0 Å². The minimum Gasteiger partial charge on any atom is -0.406 e. The van der Waals surface area contributed by atoms with Crippen molar-refractivity contribution in [2.75, 3.05) is 19.0 Å². The Labute approximate surface area is 138 Å². The maximum absolute atomic E-state index is 12.3. The number of halogens is 3. The first kappa shape index (κ1) is 16.2. The summed E-state index contributed by atoms with van der Waals surface area (Å²) in [7, 11) is 3.93. The number of benzene rings is 3. The van der Waals surface area contributed by atoms with E-state index in [4.69, 9.17) is 0 Å². The van der Waals surface area contributed by atoms with Crippen LogP contribution in [0, 0.1) is 0 Å². The summed E-state index contributed by atoms with van der Waals surface area (Å²) >= 11 is 0. The van der Waals surface area contributed by atoms with Crippen LogP contribution in [0.4, 0.5) is 18.9 Å². The van der Waals surface area contributed by atoms with E-state index in [0.717, 1.165) is 27.6 Å². The SMILES string of the molecule is CN(C)c1cc(-c2ccc(OC(F)(F)F)cc2)cc2ccccc12. The molecule has 5 heteroatoms. The van der Waals surface area contributed by atoms with Crippen LogP contribution in [-0.4, -0.2) is 20.5 Å². The van der Waals surface area contributed by atoms with Crippen molar-refractivity contribution < 1.29 is 17.9 Å². The third-order valence-electron chi connectivity index (χ3n) is 3.74. The molecule has 0 N–H and O–H groups in total. The molecule has 0 aliphatic carbocycles. The Kier molecular flexibility index (Phi) is 4.09. The van der Waals surface area contributed by atoms with E-state index in [-0.39, 0.29) is 5.75 Å². The Bertz CT molecular complexity index is 855. The highest BCUT2D eigenvalue weighted by molar-refractivity contribution is 5.98. The molecule has 0 fully saturated rings. The largest absolute Gasteiger partial charge is 0.573 e. The topological polar surface area (TPSA) is 12.5 Å². The van der Waals surface area contributed by atoms with Gasteiger partial charge in [-0.2, -0.15) is 0 Å². The molecule has 124 valence electrons. The van der Waals surface area contributed by atoms with Gasteiger partial charge < -0.3 is 9.64 Å². The van der Waals surface area contributed by atoms with Gasteiger partial charge in [-0.05, 0) is 40.8 Å². The van der Waals surface area contributed by atoms with Crippen molar-refractivity contribution in [1.29, 1.82) is 0 Å². The molecule has 0 atom stereocenters. The smallest absolute Gasteiger partial charge is 0.406 e. The van der Waals surface area contributed by atoms with Crippen LogP contribution >= 0.6 is 0 Å². The monoisotopic (exact) mass is 331 g/mol. The first-order chi connectivity index (χ1) is 11.3. The predicted molar refractivity (Wildman–Crippen MR) is 90.4 cm³/mol. The number of anilines is 1. The molecule has 0 heterocycles. The zero-order chi connectivity index (χ0) is 17.3. The standard InChI is InChI=1S/C19H16F3NO/c1-23(2)18-12-15(11-14-5-3-4-6-17(14)18)13-7-9-16(10-8-13)24-19(20,21)22/h3-12H,1-2H3. The Morgan fingerprint density at radius 1 is 0.833 bits per heavy atom. The normalized spacial score (nSPS) is 11.5. The molecular weight excluding hydrogens is 315 g/mol. The Hall–Kier alpha value is -2.69. The molecule has 0 spiro atoms. The lowest BCUT2D eigenvalue weighted by Gasteiger charge is -2.18. The Morgan fingerprint density at radius 3 is 2.12 bits per heavy atom. The molecule has 0 aliphatic heterocycles. The third-order valence-corrected chi connectivity index (χ3v) is 3.74. The number of hydrogen-bond acceptors (Lipinski definition) is 2. The van der Waals surface area contributed by atoms with E-state index in [9.17, 15) is 13.2 Å². The lowest BCUT2D eigenvalue weighted by Crippen LogP contribution is -2.16. The van der Waals surface area contributed by atoms with Gasteiger partial charge in [-0.15, -0.1) is 13.2 Å². The van der Waals surface area contributed by atoms with Crippen LogP contribution < -0.4 is 9.64 Å². The zero-order valence-corrected chi connectivity index (χ0v) is 13.3. The first-order valence-electron chi connectivity index (χ1n) is 7.40.